The smallest absolute Gasteiger partial charge is 0.315 e. The summed E-state index contributed by atoms with van der Waals surface area (Å²) in [6.45, 7) is 2.56. The van der Waals surface area contributed by atoms with E-state index in [1.54, 1.807) is 17.5 Å². The summed E-state index contributed by atoms with van der Waals surface area (Å²) in [5, 5.41) is 7.75. The minimum atomic E-state index is -0.142. The predicted octanol–water partition coefficient (Wildman–Crippen LogP) is 2.75. The van der Waals surface area contributed by atoms with Gasteiger partial charge in [-0.15, -0.1) is 11.3 Å². The van der Waals surface area contributed by atoms with Crippen molar-refractivity contribution in [2.75, 3.05) is 6.54 Å². The maximum atomic E-state index is 11.7. The van der Waals surface area contributed by atoms with Gasteiger partial charge in [-0.1, -0.05) is 12.1 Å². The second kappa shape index (κ2) is 6.89. The van der Waals surface area contributed by atoms with Gasteiger partial charge in [0.2, 0.25) is 0 Å². The normalized spacial score (nSPS) is 11.8. The van der Waals surface area contributed by atoms with E-state index in [9.17, 15) is 4.79 Å². The number of nitrogens with zero attached hydrogens (tertiary/aromatic N) is 1. The highest BCUT2D eigenvalue weighted by atomic mass is 32.1. The zero-order chi connectivity index (χ0) is 13.5. The first kappa shape index (κ1) is 13.5. The van der Waals surface area contributed by atoms with E-state index in [4.69, 9.17) is 0 Å². The van der Waals surface area contributed by atoms with Crippen LogP contribution in [0.3, 0.4) is 0 Å². The molecule has 100 valence electrons. The Balaban J connectivity index is 1.70. The van der Waals surface area contributed by atoms with E-state index in [2.05, 4.69) is 15.6 Å². The average molecular weight is 275 g/mol. The van der Waals surface area contributed by atoms with Gasteiger partial charge in [-0.05, 0) is 30.5 Å². The van der Waals surface area contributed by atoms with E-state index in [-0.39, 0.29) is 12.1 Å². The molecule has 5 heteroatoms. The maximum absolute atomic E-state index is 11.7. The fourth-order valence-corrected chi connectivity index (χ4v) is 2.44. The molecule has 4 nitrogen and oxygen atoms in total. The lowest BCUT2D eigenvalue weighted by atomic mass is 10.2. The monoisotopic (exact) mass is 275 g/mol. The van der Waals surface area contributed by atoms with Crippen LogP contribution >= 0.6 is 11.3 Å². The Morgan fingerprint density at radius 3 is 2.95 bits per heavy atom. The van der Waals surface area contributed by atoms with Crippen LogP contribution in [0.5, 0.6) is 0 Å². The number of aromatic nitrogens is 1. The van der Waals surface area contributed by atoms with Gasteiger partial charge in [0, 0.05) is 29.7 Å². The second-order valence-corrected chi connectivity index (χ2v) is 5.19. The summed E-state index contributed by atoms with van der Waals surface area (Å²) in [7, 11) is 0. The van der Waals surface area contributed by atoms with E-state index < -0.39 is 0 Å². The Bertz CT molecular complexity index is 499. The largest absolute Gasteiger partial charge is 0.338 e. The highest BCUT2D eigenvalue weighted by Gasteiger charge is 2.09. The van der Waals surface area contributed by atoms with E-state index in [1.165, 1.54) is 0 Å². The molecule has 0 saturated carbocycles. The highest BCUT2D eigenvalue weighted by molar-refractivity contribution is 7.10. The summed E-state index contributed by atoms with van der Waals surface area (Å²) in [6, 6.07) is 9.67. The summed E-state index contributed by atoms with van der Waals surface area (Å²) in [6.07, 6.45) is 2.50. The molecule has 19 heavy (non-hydrogen) atoms. The molecule has 2 N–H and O–H groups in total. The number of thiophene rings is 1. The number of amides is 2. The van der Waals surface area contributed by atoms with Gasteiger partial charge < -0.3 is 10.6 Å². The molecule has 2 aromatic rings. The Labute approximate surface area is 116 Å². The third-order valence-corrected chi connectivity index (χ3v) is 3.77. The van der Waals surface area contributed by atoms with Crippen LogP contribution in [0.1, 0.15) is 23.5 Å². The van der Waals surface area contributed by atoms with Crippen molar-refractivity contribution in [1.29, 1.82) is 0 Å². The third-order valence-electron chi connectivity index (χ3n) is 2.71. The summed E-state index contributed by atoms with van der Waals surface area (Å²) < 4.78 is 0. The molecular formula is C14H17N3OS. The van der Waals surface area contributed by atoms with Gasteiger partial charge in [0.1, 0.15) is 0 Å². The van der Waals surface area contributed by atoms with Crippen molar-refractivity contribution in [2.24, 2.45) is 0 Å². The van der Waals surface area contributed by atoms with Crippen molar-refractivity contribution in [3.8, 4) is 0 Å². The Morgan fingerprint density at radius 2 is 2.26 bits per heavy atom. The lowest BCUT2D eigenvalue weighted by Crippen LogP contribution is -2.37. The summed E-state index contributed by atoms with van der Waals surface area (Å²) in [5.41, 5.74) is 0.981. The van der Waals surface area contributed by atoms with Crippen LogP contribution in [-0.4, -0.2) is 17.6 Å². The second-order valence-electron chi connectivity index (χ2n) is 4.21. The lowest BCUT2D eigenvalue weighted by Gasteiger charge is -2.13. The number of pyridine rings is 1. The molecule has 2 aromatic heterocycles. The van der Waals surface area contributed by atoms with E-state index in [1.807, 2.05) is 42.6 Å². The molecule has 1 atom stereocenters. The number of nitrogens with one attached hydrogen (secondary N) is 2. The van der Waals surface area contributed by atoms with Gasteiger partial charge in [-0.25, -0.2) is 4.79 Å². The SMILES string of the molecule is CC(NC(=O)NCCc1ccccn1)c1cccs1. The van der Waals surface area contributed by atoms with Gasteiger partial charge in [0.15, 0.2) is 0 Å². The first-order valence-electron chi connectivity index (χ1n) is 6.23. The summed E-state index contributed by atoms with van der Waals surface area (Å²) in [5.74, 6) is 0. The molecule has 2 rings (SSSR count). The average Bonchev–Trinajstić information content (AvgIpc) is 2.94. The number of hydrogen-bond donors (Lipinski definition) is 2. The van der Waals surface area contributed by atoms with Crippen molar-refractivity contribution in [2.45, 2.75) is 19.4 Å². The lowest BCUT2D eigenvalue weighted by molar-refractivity contribution is 0.238. The van der Waals surface area contributed by atoms with Crippen LogP contribution in [0, 0.1) is 0 Å². The van der Waals surface area contributed by atoms with Gasteiger partial charge in [0.25, 0.3) is 0 Å². The molecule has 0 aliphatic rings. The van der Waals surface area contributed by atoms with Crippen LogP contribution in [0.25, 0.3) is 0 Å². The van der Waals surface area contributed by atoms with Gasteiger partial charge in [-0.3, -0.25) is 4.98 Å². The molecule has 0 saturated heterocycles. The Kier molecular flexibility index (Phi) is 4.92. The minimum Gasteiger partial charge on any atom is -0.338 e. The first-order chi connectivity index (χ1) is 9.25. The van der Waals surface area contributed by atoms with Crippen molar-refractivity contribution in [3.05, 3.63) is 52.5 Å². The zero-order valence-corrected chi connectivity index (χ0v) is 11.6. The van der Waals surface area contributed by atoms with E-state index in [0.717, 1.165) is 17.0 Å². The van der Waals surface area contributed by atoms with Gasteiger partial charge in [0.05, 0.1) is 6.04 Å². The van der Waals surface area contributed by atoms with Crippen LogP contribution in [0.15, 0.2) is 41.9 Å². The maximum Gasteiger partial charge on any atom is 0.315 e. The van der Waals surface area contributed by atoms with Crippen molar-refractivity contribution < 1.29 is 4.79 Å². The van der Waals surface area contributed by atoms with Crippen LogP contribution in [0.4, 0.5) is 4.79 Å². The fourth-order valence-electron chi connectivity index (χ4n) is 1.71. The van der Waals surface area contributed by atoms with Crippen LogP contribution in [0.2, 0.25) is 0 Å². The molecule has 0 aromatic carbocycles. The van der Waals surface area contributed by atoms with Gasteiger partial charge in [-0.2, -0.15) is 0 Å². The molecule has 1 unspecified atom stereocenters. The molecule has 2 amide bonds. The molecule has 0 aliphatic heterocycles. The fraction of sp³-hybridized carbons (Fsp3) is 0.286. The molecule has 0 spiro atoms. The van der Waals surface area contributed by atoms with Crippen molar-refractivity contribution in [3.63, 3.8) is 0 Å². The highest BCUT2D eigenvalue weighted by Crippen LogP contribution is 2.17. The quantitative estimate of drug-likeness (QED) is 0.881. The number of carbonyl (C=O) groups excluding carboxylic acids is 1. The zero-order valence-electron chi connectivity index (χ0n) is 10.8. The number of carbonyl (C=O) groups is 1. The standard InChI is InChI=1S/C14H17N3OS/c1-11(13-6-4-10-19-13)17-14(18)16-9-7-12-5-2-3-8-15-12/h2-6,8,10-11H,7,9H2,1H3,(H2,16,17,18). The van der Waals surface area contributed by atoms with Crippen LogP contribution < -0.4 is 10.6 Å². The van der Waals surface area contributed by atoms with Crippen molar-refractivity contribution >= 4 is 17.4 Å². The first-order valence-corrected chi connectivity index (χ1v) is 7.11. The minimum absolute atomic E-state index is 0.0369. The van der Waals surface area contributed by atoms with Crippen molar-refractivity contribution in [1.82, 2.24) is 15.6 Å². The molecule has 0 aliphatic carbocycles. The summed E-state index contributed by atoms with van der Waals surface area (Å²) in [4.78, 5) is 17.1. The molecule has 2 heterocycles. The molecule has 0 bridgehead atoms. The number of rotatable bonds is 5. The Hall–Kier alpha value is -1.88. The Morgan fingerprint density at radius 1 is 1.37 bits per heavy atom. The molecular weight excluding hydrogens is 258 g/mol. The topological polar surface area (TPSA) is 54.0 Å². The number of urea groups is 1. The third kappa shape index (κ3) is 4.37. The number of hydrogen-bond acceptors (Lipinski definition) is 3. The summed E-state index contributed by atoms with van der Waals surface area (Å²) >= 11 is 1.64. The van der Waals surface area contributed by atoms with Gasteiger partial charge >= 0.3 is 6.03 Å². The molecule has 0 radical (unpaired) electrons. The van der Waals surface area contributed by atoms with E-state index in [0.29, 0.717) is 6.54 Å². The van der Waals surface area contributed by atoms with Crippen LogP contribution in [-0.2, 0) is 6.42 Å². The predicted molar refractivity (Wildman–Crippen MR) is 77.2 cm³/mol. The van der Waals surface area contributed by atoms with E-state index >= 15 is 0 Å². The molecule has 0 fully saturated rings.